The first-order valence-corrected chi connectivity index (χ1v) is 10.4. The maximum absolute atomic E-state index is 14.1. The number of likely N-dealkylation sites (tertiary alicyclic amines) is 2. The Kier molecular flexibility index (Phi) is 5.48. The molecule has 2 aliphatic rings. The lowest BCUT2D eigenvalue weighted by atomic mass is 9.79. The highest BCUT2D eigenvalue weighted by atomic mass is 19.1. The second-order valence-corrected chi connectivity index (χ2v) is 8.79. The number of rotatable bonds is 4. The first kappa shape index (κ1) is 19.5. The van der Waals surface area contributed by atoms with Crippen LogP contribution in [0.2, 0.25) is 0 Å². The smallest absolute Gasteiger partial charge is 0.127 e. The third-order valence-corrected chi connectivity index (χ3v) is 6.56. The van der Waals surface area contributed by atoms with Crippen LogP contribution in [0, 0.1) is 32.0 Å². The third kappa shape index (κ3) is 4.11. The molecule has 4 rings (SSSR count). The molecule has 2 aliphatic heterocycles. The van der Waals surface area contributed by atoms with Gasteiger partial charge < -0.3 is 0 Å². The molecule has 3 heterocycles. The van der Waals surface area contributed by atoms with Gasteiger partial charge in [0.1, 0.15) is 5.82 Å². The van der Waals surface area contributed by atoms with Crippen molar-refractivity contribution in [2.75, 3.05) is 26.2 Å². The van der Waals surface area contributed by atoms with Crippen LogP contribution in [-0.4, -0.2) is 45.9 Å². The molecule has 0 unspecified atom stereocenters. The van der Waals surface area contributed by atoms with Crippen LogP contribution in [0.1, 0.15) is 47.6 Å². The summed E-state index contributed by atoms with van der Waals surface area (Å²) in [7, 11) is 0. The van der Waals surface area contributed by atoms with Crippen LogP contribution >= 0.6 is 0 Å². The normalized spacial score (nSPS) is 23.6. The average molecular weight is 383 g/mol. The first-order valence-electron chi connectivity index (χ1n) is 10.4. The highest BCUT2D eigenvalue weighted by molar-refractivity contribution is 5.19. The largest absolute Gasteiger partial charge is 0.298 e. The Morgan fingerprint density at radius 3 is 2.39 bits per heavy atom. The van der Waals surface area contributed by atoms with Gasteiger partial charge in [0.2, 0.25) is 0 Å². The summed E-state index contributed by atoms with van der Waals surface area (Å²) in [5, 5.41) is 0. The summed E-state index contributed by atoms with van der Waals surface area (Å²) in [5.41, 5.74) is 5.37. The summed E-state index contributed by atoms with van der Waals surface area (Å²) < 4.78 is 14.1. The van der Waals surface area contributed by atoms with E-state index in [-0.39, 0.29) is 5.82 Å². The lowest BCUT2D eigenvalue weighted by molar-refractivity contribution is 0.0856. The molecule has 0 aliphatic carbocycles. The van der Waals surface area contributed by atoms with Crippen molar-refractivity contribution in [1.82, 2.24) is 19.8 Å². The number of nitrogens with zero attached hydrogens (tertiary/aromatic N) is 4. The maximum atomic E-state index is 14.1. The minimum atomic E-state index is -0.0843. The Morgan fingerprint density at radius 2 is 1.61 bits per heavy atom. The average Bonchev–Trinajstić information content (AvgIpc) is 3.03. The van der Waals surface area contributed by atoms with Crippen molar-refractivity contribution in [3.05, 3.63) is 58.4 Å². The predicted molar refractivity (Wildman–Crippen MR) is 109 cm³/mol. The minimum absolute atomic E-state index is 0.0843. The molecule has 150 valence electrons. The van der Waals surface area contributed by atoms with Crippen molar-refractivity contribution < 1.29 is 4.39 Å². The van der Waals surface area contributed by atoms with Crippen LogP contribution < -0.4 is 0 Å². The highest BCUT2D eigenvalue weighted by Crippen LogP contribution is 2.40. The SMILES string of the molecule is Cc1nc(C)c(CN2CC[C@@]3(CCCN(Cc4ccccc4F)C3)C2)nc1C. The Hall–Kier alpha value is -1.85. The van der Waals surface area contributed by atoms with Gasteiger partial charge in [-0.2, -0.15) is 0 Å². The molecule has 4 nitrogen and oxygen atoms in total. The summed E-state index contributed by atoms with van der Waals surface area (Å²) in [4.78, 5) is 14.4. The second kappa shape index (κ2) is 7.88. The van der Waals surface area contributed by atoms with E-state index in [0.29, 0.717) is 5.41 Å². The van der Waals surface area contributed by atoms with E-state index in [0.717, 1.165) is 67.6 Å². The quantitative estimate of drug-likeness (QED) is 0.799. The zero-order valence-corrected chi connectivity index (χ0v) is 17.3. The van der Waals surface area contributed by atoms with E-state index in [1.54, 1.807) is 12.1 Å². The number of halogens is 1. The number of hydrogen-bond acceptors (Lipinski definition) is 4. The number of aromatic nitrogens is 2. The van der Waals surface area contributed by atoms with Crippen LogP contribution in [0.4, 0.5) is 4.39 Å². The van der Waals surface area contributed by atoms with Crippen LogP contribution in [0.25, 0.3) is 0 Å². The summed E-state index contributed by atoms with van der Waals surface area (Å²) in [6.07, 6.45) is 3.69. The van der Waals surface area contributed by atoms with Crippen LogP contribution in [0.3, 0.4) is 0 Å². The molecule has 5 heteroatoms. The summed E-state index contributed by atoms with van der Waals surface area (Å²) >= 11 is 0. The molecule has 0 amide bonds. The molecule has 0 saturated carbocycles. The maximum Gasteiger partial charge on any atom is 0.127 e. The highest BCUT2D eigenvalue weighted by Gasteiger charge is 2.41. The Bertz CT molecular complexity index is 852. The van der Waals surface area contributed by atoms with Crippen molar-refractivity contribution >= 4 is 0 Å². The van der Waals surface area contributed by atoms with Crippen molar-refractivity contribution in [1.29, 1.82) is 0 Å². The monoisotopic (exact) mass is 382 g/mol. The zero-order chi connectivity index (χ0) is 19.7. The van der Waals surface area contributed by atoms with Crippen molar-refractivity contribution in [3.63, 3.8) is 0 Å². The summed E-state index contributed by atoms with van der Waals surface area (Å²) in [6.45, 7) is 12.1. The third-order valence-electron chi connectivity index (χ3n) is 6.56. The van der Waals surface area contributed by atoms with Crippen LogP contribution in [-0.2, 0) is 13.1 Å². The summed E-state index contributed by atoms with van der Waals surface area (Å²) in [5.74, 6) is -0.0843. The van der Waals surface area contributed by atoms with E-state index < -0.39 is 0 Å². The van der Waals surface area contributed by atoms with Gasteiger partial charge in [0.25, 0.3) is 0 Å². The van der Waals surface area contributed by atoms with Crippen LogP contribution in [0.5, 0.6) is 0 Å². The molecule has 2 saturated heterocycles. The summed E-state index contributed by atoms with van der Waals surface area (Å²) in [6, 6.07) is 7.18. The topological polar surface area (TPSA) is 32.3 Å². The molecule has 1 aromatic heterocycles. The predicted octanol–water partition coefficient (Wildman–Crippen LogP) is 4.03. The standard InChI is InChI=1S/C23H31FN4/c1-17-18(2)26-22(19(3)25-17)14-28-12-10-23(16-28)9-6-11-27(15-23)13-20-7-4-5-8-21(20)24/h4-5,7-8H,6,9-16H2,1-3H3/t23-/m1/s1. The molecule has 1 aromatic carbocycles. The van der Waals surface area contributed by atoms with Gasteiger partial charge in [0, 0.05) is 31.7 Å². The van der Waals surface area contributed by atoms with Gasteiger partial charge in [-0.3, -0.25) is 19.8 Å². The van der Waals surface area contributed by atoms with Gasteiger partial charge in [-0.25, -0.2) is 4.39 Å². The molecule has 1 atom stereocenters. The van der Waals surface area contributed by atoms with E-state index >= 15 is 0 Å². The fourth-order valence-corrected chi connectivity index (χ4v) is 4.93. The Labute approximate surface area is 167 Å². The van der Waals surface area contributed by atoms with Gasteiger partial charge >= 0.3 is 0 Å². The number of benzene rings is 1. The Balaban J connectivity index is 1.41. The lowest BCUT2D eigenvalue weighted by Gasteiger charge is -2.40. The molecule has 28 heavy (non-hydrogen) atoms. The van der Waals surface area contributed by atoms with Crippen molar-refractivity contribution in [2.24, 2.45) is 5.41 Å². The number of aryl methyl sites for hydroxylation is 3. The molecule has 2 aromatic rings. The molecule has 2 fully saturated rings. The van der Waals surface area contributed by atoms with Crippen molar-refractivity contribution in [3.8, 4) is 0 Å². The van der Waals surface area contributed by atoms with E-state index in [1.165, 1.54) is 19.3 Å². The van der Waals surface area contributed by atoms with E-state index in [1.807, 2.05) is 26.0 Å². The van der Waals surface area contributed by atoms with Crippen molar-refractivity contribution in [2.45, 2.75) is 53.1 Å². The minimum Gasteiger partial charge on any atom is -0.298 e. The first-order chi connectivity index (χ1) is 13.4. The Morgan fingerprint density at radius 1 is 0.893 bits per heavy atom. The second-order valence-electron chi connectivity index (χ2n) is 8.79. The molecule has 0 N–H and O–H groups in total. The fraction of sp³-hybridized carbons (Fsp3) is 0.565. The molecular formula is C23H31FN4. The van der Waals surface area contributed by atoms with E-state index in [2.05, 4.69) is 21.7 Å². The molecular weight excluding hydrogens is 351 g/mol. The van der Waals surface area contributed by atoms with Gasteiger partial charge in [0.05, 0.1) is 22.8 Å². The number of hydrogen-bond donors (Lipinski definition) is 0. The number of piperidine rings is 1. The van der Waals surface area contributed by atoms with Gasteiger partial charge in [-0.1, -0.05) is 18.2 Å². The van der Waals surface area contributed by atoms with Gasteiger partial charge in [0.15, 0.2) is 0 Å². The van der Waals surface area contributed by atoms with Gasteiger partial charge in [-0.15, -0.1) is 0 Å². The van der Waals surface area contributed by atoms with Gasteiger partial charge in [-0.05, 0) is 64.6 Å². The molecule has 0 bridgehead atoms. The van der Waals surface area contributed by atoms with E-state index in [9.17, 15) is 4.39 Å². The van der Waals surface area contributed by atoms with Crippen LogP contribution in [0.15, 0.2) is 24.3 Å². The fourth-order valence-electron chi connectivity index (χ4n) is 4.93. The molecule has 0 radical (unpaired) electrons. The zero-order valence-electron chi connectivity index (χ0n) is 17.3. The lowest BCUT2D eigenvalue weighted by Crippen LogP contribution is -2.44. The van der Waals surface area contributed by atoms with E-state index in [4.69, 9.17) is 4.98 Å². The molecule has 1 spiro atoms.